The van der Waals surface area contributed by atoms with Crippen LogP contribution < -0.4 is 5.32 Å². The van der Waals surface area contributed by atoms with Crippen molar-refractivity contribution >= 4 is 17.5 Å². The summed E-state index contributed by atoms with van der Waals surface area (Å²) in [5.41, 5.74) is 1.69. The number of aryl methyl sites for hydroxylation is 1. The van der Waals surface area contributed by atoms with Gasteiger partial charge in [-0.3, -0.25) is 14.6 Å². The van der Waals surface area contributed by atoms with Crippen molar-refractivity contribution in [3.63, 3.8) is 0 Å². The van der Waals surface area contributed by atoms with Crippen molar-refractivity contribution in [2.45, 2.75) is 13.0 Å². The molecule has 0 fully saturated rings. The van der Waals surface area contributed by atoms with Crippen LogP contribution in [0.5, 0.6) is 0 Å². The Morgan fingerprint density at radius 3 is 2.83 bits per heavy atom. The van der Waals surface area contributed by atoms with E-state index >= 15 is 0 Å². The summed E-state index contributed by atoms with van der Waals surface area (Å²) in [7, 11) is 0. The molecular weight excluding hydrogens is 333 g/mol. The van der Waals surface area contributed by atoms with Crippen LogP contribution in [0.1, 0.15) is 16.9 Å². The maximum atomic E-state index is 12.9. The summed E-state index contributed by atoms with van der Waals surface area (Å²) in [5.74, 6) is -0.555. The van der Waals surface area contributed by atoms with Gasteiger partial charge in [0, 0.05) is 24.8 Å². The molecule has 0 atom stereocenters. The van der Waals surface area contributed by atoms with Crippen LogP contribution in [0.2, 0.25) is 5.02 Å². The zero-order chi connectivity index (χ0) is 16.9. The molecule has 124 valence electrons. The summed E-state index contributed by atoms with van der Waals surface area (Å²) in [6, 6.07) is 7.57. The minimum absolute atomic E-state index is 0.241. The molecule has 2 N–H and O–H groups in total. The molecule has 0 aliphatic carbocycles. The summed E-state index contributed by atoms with van der Waals surface area (Å²) in [5, 5.41) is 14.2. The highest BCUT2D eigenvalue weighted by molar-refractivity contribution is 6.30. The van der Waals surface area contributed by atoms with Crippen molar-refractivity contribution < 1.29 is 9.18 Å². The second kappa shape index (κ2) is 7.27. The first-order valence-corrected chi connectivity index (χ1v) is 7.77. The third kappa shape index (κ3) is 3.99. The van der Waals surface area contributed by atoms with E-state index in [9.17, 15) is 9.18 Å². The van der Waals surface area contributed by atoms with Gasteiger partial charge in [-0.1, -0.05) is 11.6 Å². The maximum absolute atomic E-state index is 12.9. The number of amides is 1. The number of benzene rings is 1. The van der Waals surface area contributed by atoms with Crippen molar-refractivity contribution in [2.24, 2.45) is 0 Å². The van der Waals surface area contributed by atoms with Gasteiger partial charge in [0.25, 0.3) is 5.91 Å². The quantitative estimate of drug-likeness (QED) is 0.673. The van der Waals surface area contributed by atoms with Crippen molar-refractivity contribution in [3.05, 3.63) is 59.3 Å². The fourth-order valence-corrected chi connectivity index (χ4v) is 2.36. The van der Waals surface area contributed by atoms with Crippen molar-refractivity contribution in [3.8, 4) is 11.3 Å². The number of H-pyrrole nitrogens is 1. The van der Waals surface area contributed by atoms with Crippen molar-refractivity contribution in [1.29, 1.82) is 0 Å². The van der Waals surface area contributed by atoms with Gasteiger partial charge in [0.1, 0.15) is 11.5 Å². The van der Waals surface area contributed by atoms with Gasteiger partial charge in [-0.15, -0.1) is 0 Å². The van der Waals surface area contributed by atoms with Crippen LogP contribution in [-0.2, 0) is 6.54 Å². The largest absolute Gasteiger partial charge is 0.351 e. The molecule has 6 nitrogen and oxygen atoms in total. The van der Waals surface area contributed by atoms with Gasteiger partial charge in [-0.05, 0) is 36.8 Å². The van der Waals surface area contributed by atoms with Crippen LogP contribution in [-0.4, -0.2) is 32.4 Å². The maximum Gasteiger partial charge on any atom is 0.269 e. The Labute approximate surface area is 142 Å². The van der Waals surface area contributed by atoms with Crippen LogP contribution in [0.25, 0.3) is 11.3 Å². The predicted octanol–water partition coefficient (Wildman–Crippen LogP) is 2.89. The van der Waals surface area contributed by atoms with Crippen molar-refractivity contribution in [1.82, 2.24) is 25.3 Å². The molecule has 0 saturated heterocycles. The second-order valence-corrected chi connectivity index (χ2v) is 5.64. The topological polar surface area (TPSA) is 75.6 Å². The molecule has 0 aliphatic rings. The molecule has 3 rings (SSSR count). The predicted molar refractivity (Wildman–Crippen MR) is 88.2 cm³/mol. The monoisotopic (exact) mass is 347 g/mol. The first-order valence-electron chi connectivity index (χ1n) is 7.39. The van der Waals surface area contributed by atoms with E-state index in [0.29, 0.717) is 29.5 Å². The molecule has 0 unspecified atom stereocenters. The zero-order valence-corrected chi connectivity index (χ0v) is 13.4. The van der Waals surface area contributed by atoms with Gasteiger partial charge in [0.2, 0.25) is 0 Å². The Bertz CT molecular complexity index is 827. The number of nitrogens with one attached hydrogen (secondary N) is 2. The molecule has 24 heavy (non-hydrogen) atoms. The number of halogens is 2. The summed E-state index contributed by atoms with van der Waals surface area (Å²) < 4.78 is 14.6. The molecule has 0 spiro atoms. The standard InChI is InChI=1S/C16H15ClFN5O/c17-12-9-20-23(10-12)7-1-6-19-16(24)15-8-14(21-22-15)11-2-4-13(18)5-3-11/h2-5,8-10H,1,6-7H2,(H,19,24)(H,21,22). The van der Waals surface area contributed by atoms with E-state index in [1.807, 2.05) is 0 Å². The molecule has 2 heterocycles. The third-order valence-electron chi connectivity index (χ3n) is 3.41. The normalized spacial score (nSPS) is 10.8. The van der Waals surface area contributed by atoms with E-state index < -0.39 is 0 Å². The number of aromatic amines is 1. The third-order valence-corrected chi connectivity index (χ3v) is 3.61. The van der Waals surface area contributed by atoms with E-state index in [-0.39, 0.29) is 11.7 Å². The number of carbonyl (C=O) groups excluding carboxylic acids is 1. The molecule has 0 saturated carbocycles. The lowest BCUT2D eigenvalue weighted by molar-refractivity contribution is 0.0947. The number of carbonyl (C=O) groups is 1. The molecule has 8 heteroatoms. The van der Waals surface area contributed by atoms with Gasteiger partial charge in [0.15, 0.2) is 0 Å². The van der Waals surface area contributed by atoms with E-state index in [2.05, 4.69) is 20.6 Å². The van der Waals surface area contributed by atoms with Crippen LogP contribution in [0.3, 0.4) is 0 Å². The highest BCUT2D eigenvalue weighted by Gasteiger charge is 2.10. The number of hydrogen-bond acceptors (Lipinski definition) is 3. The zero-order valence-electron chi connectivity index (χ0n) is 12.7. The van der Waals surface area contributed by atoms with Crippen LogP contribution in [0, 0.1) is 5.82 Å². The first-order chi connectivity index (χ1) is 11.6. The molecular formula is C16H15ClFN5O. The van der Waals surface area contributed by atoms with E-state index in [1.54, 1.807) is 35.3 Å². The number of hydrogen-bond donors (Lipinski definition) is 2. The molecule has 0 radical (unpaired) electrons. The van der Waals surface area contributed by atoms with Gasteiger partial charge in [-0.2, -0.15) is 10.2 Å². The molecule has 1 aromatic carbocycles. The van der Waals surface area contributed by atoms with Gasteiger partial charge in [-0.25, -0.2) is 4.39 Å². The number of nitrogens with zero attached hydrogens (tertiary/aromatic N) is 3. The lowest BCUT2D eigenvalue weighted by atomic mass is 10.1. The van der Waals surface area contributed by atoms with Gasteiger partial charge in [0.05, 0.1) is 16.9 Å². The highest BCUT2D eigenvalue weighted by atomic mass is 35.5. The summed E-state index contributed by atoms with van der Waals surface area (Å²) in [6.45, 7) is 1.16. The van der Waals surface area contributed by atoms with Crippen molar-refractivity contribution in [2.75, 3.05) is 6.54 Å². The van der Waals surface area contributed by atoms with Crippen LogP contribution in [0.15, 0.2) is 42.7 Å². The number of rotatable bonds is 6. The smallest absolute Gasteiger partial charge is 0.269 e. The van der Waals surface area contributed by atoms with Crippen LogP contribution in [0.4, 0.5) is 4.39 Å². The Balaban J connectivity index is 1.51. The summed E-state index contributed by atoms with van der Waals surface area (Å²) in [6.07, 6.45) is 4.03. The lowest BCUT2D eigenvalue weighted by Gasteiger charge is -2.03. The fraction of sp³-hybridized carbons (Fsp3) is 0.188. The highest BCUT2D eigenvalue weighted by Crippen LogP contribution is 2.17. The van der Waals surface area contributed by atoms with Gasteiger partial charge < -0.3 is 5.32 Å². The first kappa shape index (κ1) is 16.2. The van der Waals surface area contributed by atoms with Gasteiger partial charge >= 0.3 is 0 Å². The minimum atomic E-state index is -0.314. The second-order valence-electron chi connectivity index (χ2n) is 5.20. The fourth-order valence-electron chi connectivity index (χ4n) is 2.21. The SMILES string of the molecule is O=C(NCCCn1cc(Cl)cn1)c1cc(-c2ccc(F)cc2)n[nH]1. The molecule has 2 aromatic heterocycles. The summed E-state index contributed by atoms with van der Waals surface area (Å²) >= 11 is 5.78. The molecule has 1 amide bonds. The molecule has 0 aliphatic heterocycles. The Kier molecular flexibility index (Phi) is 4.90. The average Bonchev–Trinajstić information content (AvgIpc) is 3.21. The Morgan fingerprint density at radius 2 is 2.12 bits per heavy atom. The Hall–Kier alpha value is -2.67. The van der Waals surface area contributed by atoms with E-state index in [4.69, 9.17) is 11.6 Å². The number of aromatic nitrogens is 4. The van der Waals surface area contributed by atoms with E-state index in [1.165, 1.54) is 12.1 Å². The molecule has 0 bridgehead atoms. The average molecular weight is 348 g/mol. The van der Waals surface area contributed by atoms with Crippen LogP contribution >= 0.6 is 11.6 Å². The lowest BCUT2D eigenvalue weighted by Crippen LogP contribution is -2.25. The summed E-state index contributed by atoms with van der Waals surface area (Å²) in [4.78, 5) is 12.1. The Morgan fingerprint density at radius 1 is 1.33 bits per heavy atom. The minimum Gasteiger partial charge on any atom is -0.351 e. The van der Waals surface area contributed by atoms with E-state index in [0.717, 1.165) is 12.0 Å². The molecule has 3 aromatic rings.